The lowest BCUT2D eigenvalue weighted by Crippen LogP contribution is -2.54. The van der Waals surface area contributed by atoms with E-state index in [0.29, 0.717) is 12.8 Å². The Morgan fingerprint density at radius 3 is 2.17 bits per heavy atom. The topological polar surface area (TPSA) is 101 Å². The van der Waals surface area contributed by atoms with Crippen LogP contribution in [0.25, 0.3) is 0 Å². The summed E-state index contributed by atoms with van der Waals surface area (Å²) in [4.78, 5) is 35.1. The number of carbonyl (C=O) groups excluding carboxylic acids is 3. The zero-order valence-corrected chi connectivity index (χ0v) is 13.8. The van der Waals surface area contributed by atoms with Gasteiger partial charge in [-0.15, -0.1) is 0 Å². The minimum Gasteiger partial charge on any atom is -0.368 e. The highest BCUT2D eigenvalue weighted by Crippen LogP contribution is 2.07. The molecular formula is C17H25N3O3. The summed E-state index contributed by atoms with van der Waals surface area (Å²) in [7, 11) is 0. The van der Waals surface area contributed by atoms with E-state index in [1.807, 2.05) is 44.2 Å². The Kier molecular flexibility index (Phi) is 7.25. The van der Waals surface area contributed by atoms with E-state index in [2.05, 4.69) is 10.6 Å². The van der Waals surface area contributed by atoms with E-state index in [9.17, 15) is 14.4 Å². The number of hydrogen-bond donors (Lipinski definition) is 3. The van der Waals surface area contributed by atoms with Crippen molar-refractivity contribution >= 4 is 17.7 Å². The third-order valence-electron chi connectivity index (χ3n) is 3.53. The van der Waals surface area contributed by atoms with Crippen LogP contribution in [0.15, 0.2) is 30.3 Å². The number of rotatable bonds is 8. The molecule has 0 saturated heterocycles. The third kappa shape index (κ3) is 6.50. The van der Waals surface area contributed by atoms with Gasteiger partial charge in [-0.2, -0.15) is 0 Å². The Bertz CT molecular complexity index is 543. The number of carbonyl (C=O) groups is 3. The van der Waals surface area contributed by atoms with Gasteiger partial charge in [0.15, 0.2) is 0 Å². The van der Waals surface area contributed by atoms with Crippen LogP contribution in [-0.4, -0.2) is 29.8 Å². The molecule has 0 bridgehead atoms. The molecule has 0 aliphatic rings. The van der Waals surface area contributed by atoms with Crippen molar-refractivity contribution in [3.63, 3.8) is 0 Å². The standard InChI is InChI=1S/C17H25N3O3/c1-11(2)15(19-12(3)21)17(23)20-14(16(18)22)10-9-13-7-5-4-6-8-13/h4-8,11,14-15H,9-10H2,1-3H3,(H2,18,22)(H,19,21)(H,20,23)/t14-,15-/m1/s1. The number of hydrogen-bond acceptors (Lipinski definition) is 3. The van der Waals surface area contributed by atoms with Crippen LogP contribution >= 0.6 is 0 Å². The van der Waals surface area contributed by atoms with Gasteiger partial charge < -0.3 is 16.4 Å². The number of primary amides is 1. The molecule has 1 rings (SSSR count). The van der Waals surface area contributed by atoms with Gasteiger partial charge in [0.2, 0.25) is 17.7 Å². The number of aryl methyl sites for hydroxylation is 1. The highest BCUT2D eigenvalue weighted by molar-refractivity contribution is 5.91. The molecule has 0 aromatic heterocycles. The zero-order chi connectivity index (χ0) is 17.4. The Labute approximate surface area is 136 Å². The van der Waals surface area contributed by atoms with Crippen LogP contribution in [-0.2, 0) is 20.8 Å². The fourth-order valence-electron chi connectivity index (χ4n) is 2.26. The quantitative estimate of drug-likeness (QED) is 0.659. The average molecular weight is 319 g/mol. The summed E-state index contributed by atoms with van der Waals surface area (Å²) in [5, 5.41) is 5.24. The Morgan fingerprint density at radius 1 is 1.09 bits per heavy atom. The molecule has 0 spiro atoms. The van der Waals surface area contributed by atoms with Gasteiger partial charge in [0.25, 0.3) is 0 Å². The maximum atomic E-state index is 12.3. The van der Waals surface area contributed by atoms with E-state index < -0.39 is 23.9 Å². The fraction of sp³-hybridized carbons (Fsp3) is 0.471. The molecule has 0 saturated carbocycles. The van der Waals surface area contributed by atoms with Gasteiger partial charge in [0.1, 0.15) is 12.1 Å². The van der Waals surface area contributed by atoms with E-state index in [1.54, 1.807) is 0 Å². The van der Waals surface area contributed by atoms with Crippen LogP contribution in [0, 0.1) is 5.92 Å². The van der Waals surface area contributed by atoms with Crippen molar-refractivity contribution < 1.29 is 14.4 Å². The molecule has 4 N–H and O–H groups in total. The van der Waals surface area contributed by atoms with Crippen LogP contribution in [0.2, 0.25) is 0 Å². The highest BCUT2D eigenvalue weighted by Gasteiger charge is 2.26. The van der Waals surface area contributed by atoms with Crippen molar-refractivity contribution in [1.82, 2.24) is 10.6 Å². The lowest BCUT2D eigenvalue weighted by molar-refractivity contribution is -0.131. The normalized spacial score (nSPS) is 13.2. The maximum absolute atomic E-state index is 12.3. The molecule has 1 aromatic carbocycles. The first-order chi connectivity index (χ1) is 10.8. The van der Waals surface area contributed by atoms with E-state index in [1.165, 1.54) is 6.92 Å². The molecule has 0 unspecified atom stereocenters. The van der Waals surface area contributed by atoms with Crippen LogP contribution in [0.4, 0.5) is 0 Å². The lowest BCUT2D eigenvalue weighted by Gasteiger charge is -2.24. The summed E-state index contributed by atoms with van der Waals surface area (Å²) in [5.41, 5.74) is 6.45. The van der Waals surface area contributed by atoms with Gasteiger partial charge in [-0.25, -0.2) is 0 Å². The first-order valence-electron chi connectivity index (χ1n) is 7.72. The second kappa shape index (κ2) is 8.92. The van der Waals surface area contributed by atoms with E-state index in [0.717, 1.165) is 5.56 Å². The van der Waals surface area contributed by atoms with Gasteiger partial charge >= 0.3 is 0 Å². The van der Waals surface area contributed by atoms with Crippen molar-refractivity contribution in [3.8, 4) is 0 Å². The minimum absolute atomic E-state index is 0.0958. The summed E-state index contributed by atoms with van der Waals surface area (Å²) >= 11 is 0. The van der Waals surface area contributed by atoms with Crippen molar-refractivity contribution in [2.45, 2.75) is 45.7 Å². The van der Waals surface area contributed by atoms with Crippen molar-refractivity contribution in [1.29, 1.82) is 0 Å². The molecule has 0 aliphatic heterocycles. The highest BCUT2D eigenvalue weighted by atomic mass is 16.2. The summed E-state index contributed by atoms with van der Waals surface area (Å²) in [6.07, 6.45) is 1.04. The van der Waals surface area contributed by atoms with Gasteiger partial charge in [0, 0.05) is 6.92 Å². The van der Waals surface area contributed by atoms with Gasteiger partial charge in [-0.1, -0.05) is 44.2 Å². The number of benzene rings is 1. The predicted molar refractivity (Wildman–Crippen MR) is 88.3 cm³/mol. The summed E-state index contributed by atoms with van der Waals surface area (Å²) in [6.45, 7) is 5.00. The molecule has 6 heteroatoms. The van der Waals surface area contributed by atoms with E-state index >= 15 is 0 Å². The molecule has 0 aliphatic carbocycles. The molecular weight excluding hydrogens is 294 g/mol. The first-order valence-corrected chi connectivity index (χ1v) is 7.72. The molecule has 3 amide bonds. The second-order valence-corrected chi connectivity index (χ2v) is 5.91. The van der Waals surface area contributed by atoms with Crippen LogP contribution < -0.4 is 16.4 Å². The molecule has 0 heterocycles. The summed E-state index contributed by atoms with van der Waals surface area (Å²) < 4.78 is 0. The largest absolute Gasteiger partial charge is 0.368 e. The molecule has 0 fully saturated rings. The number of nitrogens with one attached hydrogen (secondary N) is 2. The predicted octanol–water partition coefficient (Wildman–Crippen LogP) is 0.750. The van der Waals surface area contributed by atoms with Crippen molar-refractivity contribution in [2.24, 2.45) is 11.7 Å². The molecule has 1 aromatic rings. The Hall–Kier alpha value is -2.37. The van der Waals surface area contributed by atoms with E-state index in [4.69, 9.17) is 5.73 Å². The van der Waals surface area contributed by atoms with Crippen molar-refractivity contribution in [3.05, 3.63) is 35.9 Å². The van der Waals surface area contributed by atoms with Gasteiger partial charge in [-0.05, 0) is 24.3 Å². The second-order valence-electron chi connectivity index (χ2n) is 5.91. The molecule has 126 valence electrons. The van der Waals surface area contributed by atoms with Crippen molar-refractivity contribution in [2.75, 3.05) is 0 Å². The first kappa shape index (κ1) is 18.7. The monoisotopic (exact) mass is 319 g/mol. The van der Waals surface area contributed by atoms with Gasteiger partial charge in [-0.3, -0.25) is 14.4 Å². The Morgan fingerprint density at radius 2 is 1.70 bits per heavy atom. The third-order valence-corrected chi connectivity index (χ3v) is 3.53. The van der Waals surface area contributed by atoms with Gasteiger partial charge in [0.05, 0.1) is 0 Å². The number of nitrogens with two attached hydrogens (primary N) is 1. The van der Waals surface area contributed by atoms with E-state index in [-0.39, 0.29) is 11.8 Å². The molecule has 6 nitrogen and oxygen atoms in total. The van der Waals surface area contributed by atoms with Crippen LogP contribution in [0.1, 0.15) is 32.8 Å². The minimum atomic E-state index is -0.766. The SMILES string of the molecule is CC(=O)N[C@@H](C(=O)N[C@H](CCc1ccccc1)C(N)=O)C(C)C. The summed E-state index contributed by atoms with van der Waals surface area (Å²) in [6, 6.07) is 8.20. The molecule has 0 radical (unpaired) electrons. The lowest BCUT2D eigenvalue weighted by atomic mass is 10.0. The molecule has 2 atom stereocenters. The summed E-state index contributed by atoms with van der Waals surface area (Å²) in [5.74, 6) is -1.37. The average Bonchev–Trinajstić information content (AvgIpc) is 2.49. The zero-order valence-electron chi connectivity index (χ0n) is 13.8. The molecule has 23 heavy (non-hydrogen) atoms. The van der Waals surface area contributed by atoms with Crippen LogP contribution in [0.5, 0.6) is 0 Å². The number of amides is 3. The smallest absolute Gasteiger partial charge is 0.243 e. The maximum Gasteiger partial charge on any atom is 0.243 e. The fourth-order valence-corrected chi connectivity index (χ4v) is 2.26. The Balaban J connectivity index is 2.68. The van der Waals surface area contributed by atoms with Crippen LogP contribution in [0.3, 0.4) is 0 Å².